The van der Waals surface area contributed by atoms with Gasteiger partial charge in [-0.15, -0.1) is 0 Å². The van der Waals surface area contributed by atoms with Crippen LogP contribution in [0, 0.1) is 0 Å². The van der Waals surface area contributed by atoms with Crippen molar-refractivity contribution in [1.82, 2.24) is 0 Å². The average Bonchev–Trinajstić information content (AvgIpc) is 2.90. The van der Waals surface area contributed by atoms with E-state index < -0.39 is 10.0 Å². The Morgan fingerprint density at radius 1 is 1.20 bits per heavy atom. The van der Waals surface area contributed by atoms with Gasteiger partial charge < -0.3 is 4.90 Å². The molecular weight excluding hydrogens is 336 g/mol. The Balaban J connectivity index is 1.88. The van der Waals surface area contributed by atoms with Crippen LogP contribution in [0.4, 0.5) is 11.4 Å². The number of hydrogen-bond donors (Lipinski definition) is 1. The van der Waals surface area contributed by atoms with Gasteiger partial charge in [-0.05, 0) is 61.2 Å². The maximum Gasteiger partial charge on any atom is 0.261 e. The summed E-state index contributed by atoms with van der Waals surface area (Å²) in [4.78, 5) is 13.7. The number of anilines is 2. The van der Waals surface area contributed by atoms with Gasteiger partial charge in [-0.1, -0.05) is 19.1 Å². The van der Waals surface area contributed by atoms with E-state index in [4.69, 9.17) is 0 Å². The van der Waals surface area contributed by atoms with Crippen LogP contribution < -0.4 is 9.62 Å². The van der Waals surface area contributed by atoms with Gasteiger partial charge in [0, 0.05) is 24.3 Å². The fourth-order valence-corrected chi connectivity index (χ4v) is 4.39. The van der Waals surface area contributed by atoms with Gasteiger partial charge in [0.2, 0.25) is 5.91 Å². The lowest BCUT2D eigenvalue weighted by Gasteiger charge is -2.20. The summed E-state index contributed by atoms with van der Waals surface area (Å²) in [7, 11) is -3.66. The second-order valence-corrected chi connectivity index (χ2v) is 8.07. The number of rotatable bonds is 4. The summed E-state index contributed by atoms with van der Waals surface area (Å²) in [6.07, 6.45) is 1.56. The molecule has 0 radical (unpaired) electrons. The van der Waals surface area contributed by atoms with Gasteiger partial charge in [-0.2, -0.15) is 0 Å². The smallest absolute Gasteiger partial charge is 0.261 e. The second kappa shape index (κ2) is 6.52. The minimum atomic E-state index is -3.66. The van der Waals surface area contributed by atoms with E-state index in [1.165, 1.54) is 6.92 Å². The molecular formula is C19H22N2O3S. The van der Waals surface area contributed by atoms with Gasteiger partial charge in [0.05, 0.1) is 4.90 Å². The van der Waals surface area contributed by atoms with Crippen molar-refractivity contribution in [3.8, 4) is 0 Å². The number of carbonyl (C=O) groups is 1. The van der Waals surface area contributed by atoms with Crippen LogP contribution in [0.25, 0.3) is 0 Å². The number of fused-ring (bicyclic) bond motifs is 1. The molecule has 5 nitrogen and oxygen atoms in total. The maximum absolute atomic E-state index is 12.7. The summed E-state index contributed by atoms with van der Waals surface area (Å²) in [5.41, 5.74) is 3.37. The number of hydrogen-bond acceptors (Lipinski definition) is 3. The normalized spacial score (nSPS) is 16.6. The van der Waals surface area contributed by atoms with Gasteiger partial charge in [0.1, 0.15) is 0 Å². The van der Waals surface area contributed by atoms with E-state index in [2.05, 4.69) is 11.6 Å². The minimum absolute atomic E-state index is 0.0315. The van der Waals surface area contributed by atoms with Crippen LogP contribution in [0.5, 0.6) is 0 Å². The first-order valence-electron chi connectivity index (χ1n) is 8.36. The molecule has 1 unspecified atom stereocenters. The third-order valence-corrected chi connectivity index (χ3v) is 5.91. The van der Waals surface area contributed by atoms with Crippen LogP contribution in [0.15, 0.2) is 47.4 Å². The molecule has 0 saturated carbocycles. The first-order valence-corrected chi connectivity index (χ1v) is 9.84. The van der Waals surface area contributed by atoms with Crippen LogP contribution in [-0.2, 0) is 27.7 Å². The van der Waals surface area contributed by atoms with Crippen molar-refractivity contribution in [3.05, 3.63) is 53.6 Å². The van der Waals surface area contributed by atoms with Gasteiger partial charge in [-0.3, -0.25) is 9.52 Å². The number of carbonyl (C=O) groups excluding carboxylic acids is 1. The van der Waals surface area contributed by atoms with Crippen LogP contribution >= 0.6 is 0 Å². The Bertz CT molecular complexity index is 905. The summed E-state index contributed by atoms with van der Waals surface area (Å²) in [5.74, 6) is -0.0315. The van der Waals surface area contributed by atoms with Crippen molar-refractivity contribution >= 4 is 27.3 Å². The number of nitrogens with zero attached hydrogens (tertiary/aromatic N) is 1. The molecule has 6 heteroatoms. The number of sulfonamides is 1. The highest BCUT2D eigenvalue weighted by Crippen LogP contribution is 2.34. The number of amides is 1. The largest absolute Gasteiger partial charge is 0.309 e. The number of nitrogens with one attached hydrogen (secondary N) is 1. The minimum Gasteiger partial charge on any atom is -0.309 e. The fourth-order valence-electron chi connectivity index (χ4n) is 3.28. The van der Waals surface area contributed by atoms with E-state index in [0.717, 1.165) is 23.2 Å². The first kappa shape index (κ1) is 17.5. The number of aryl methyl sites for hydroxylation is 1. The Kier molecular flexibility index (Phi) is 4.56. The average molecular weight is 358 g/mol. The first-order chi connectivity index (χ1) is 11.8. The summed E-state index contributed by atoms with van der Waals surface area (Å²) < 4.78 is 27.9. The quantitative estimate of drug-likeness (QED) is 0.911. The molecule has 1 atom stereocenters. The Hall–Kier alpha value is -2.34. The highest BCUT2D eigenvalue weighted by Gasteiger charge is 2.30. The van der Waals surface area contributed by atoms with Gasteiger partial charge in [-0.25, -0.2) is 8.42 Å². The molecule has 0 fully saturated rings. The predicted molar refractivity (Wildman–Crippen MR) is 99.4 cm³/mol. The topological polar surface area (TPSA) is 66.5 Å². The van der Waals surface area contributed by atoms with Crippen molar-refractivity contribution in [2.75, 3.05) is 9.62 Å². The molecule has 1 amide bonds. The maximum atomic E-state index is 12.7. The third-order valence-electron chi connectivity index (χ3n) is 4.53. The lowest BCUT2D eigenvalue weighted by molar-refractivity contribution is -0.116. The number of benzene rings is 2. The second-order valence-electron chi connectivity index (χ2n) is 6.39. The molecule has 0 aliphatic carbocycles. The van der Waals surface area contributed by atoms with Crippen LogP contribution in [0.3, 0.4) is 0 Å². The van der Waals surface area contributed by atoms with Crippen molar-refractivity contribution in [1.29, 1.82) is 0 Å². The molecule has 0 aromatic heterocycles. The zero-order valence-corrected chi connectivity index (χ0v) is 15.4. The van der Waals surface area contributed by atoms with E-state index in [9.17, 15) is 13.2 Å². The zero-order chi connectivity index (χ0) is 18.2. The van der Waals surface area contributed by atoms with E-state index in [0.29, 0.717) is 12.1 Å². The monoisotopic (exact) mass is 358 g/mol. The Labute approximate surface area is 148 Å². The van der Waals surface area contributed by atoms with Crippen LogP contribution in [-0.4, -0.2) is 20.4 Å². The van der Waals surface area contributed by atoms with E-state index in [1.54, 1.807) is 35.2 Å². The van der Waals surface area contributed by atoms with Gasteiger partial charge in [0.15, 0.2) is 0 Å². The summed E-state index contributed by atoms with van der Waals surface area (Å²) in [5, 5.41) is 0. The molecule has 132 valence electrons. The van der Waals surface area contributed by atoms with E-state index >= 15 is 0 Å². The van der Waals surface area contributed by atoms with Crippen molar-refractivity contribution < 1.29 is 13.2 Å². The molecule has 0 saturated heterocycles. The molecule has 0 spiro atoms. The SMILES string of the molecule is CCc1ccc(NS(=O)(=O)c2ccc3c(c2)CC(C)N3C(C)=O)cc1. The molecule has 1 N–H and O–H groups in total. The third kappa shape index (κ3) is 3.39. The Morgan fingerprint density at radius 2 is 1.88 bits per heavy atom. The fraction of sp³-hybridized carbons (Fsp3) is 0.316. The zero-order valence-electron chi connectivity index (χ0n) is 14.6. The van der Waals surface area contributed by atoms with Gasteiger partial charge in [0.25, 0.3) is 10.0 Å². The molecule has 1 aliphatic heterocycles. The van der Waals surface area contributed by atoms with E-state index in [-0.39, 0.29) is 16.8 Å². The lowest BCUT2D eigenvalue weighted by Crippen LogP contribution is -2.33. The van der Waals surface area contributed by atoms with Crippen LogP contribution in [0.1, 0.15) is 31.9 Å². The van der Waals surface area contributed by atoms with Crippen molar-refractivity contribution in [3.63, 3.8) is 0 Å². The van der Waals surface area contributed by atoms with E-state index in [1.807, 2.05) is 19.1 Å². The Morgan fingerprint density at radius 3 is 2.48 bits per heavy atom. The highest BCUT2D eigenvalue weighted by atomic mass is 32.2. The standard InChI is InChI=1S/C19H22N2O3S/c1-4-15-5-7-17(8-6-15)20-25(23,24)18-9-10-19-16(12-18)11-13(2)21(19)14(3)22/h5-10,12-13,20H,4,11H2,1-3H3. The lowest BCUT2D eigenvalue weighted by atomic mass is 10.1. The van der Waals surface area contributed by atoms with Crippen molar-refractivity contribution in [2.45, 2.75) is 44.6 Å². The highest BCUT2D eigenvalue weighted by molar-refractivity contribution is 7.92. The van der Waals surface area contributed by atoms with Crippen molar-refractivity contribution in [2.24, 2.45) is 0 Å². The summed E-state index contributed by atoms with van der Waals surface area (Å²) in [6.45, 7) is 5.54. The molecule has 0 bridgehead atoms. The van der Waals surface area contributed by atoms with Gasteiger partial charge >= 0.3 is 0 Å². The predicted octanol–water partition coefficient (Wildman–Crippen LogP) is 3.35. The summed E-state index contributed by atoms with van der Waals surface area (Å²) >= 11 is 0. The molecule has 1 aliphatic rings. The summed E-state index contributed by atoms with van der Waals surface area (Å²) in [6, 6.07) is 12.3. The molecule has 2 aromatic carbocycles. The molecule has 25 heavy (non-hydrogen) atoms. The molecule has 3 rings (SSSR count). The molecule has 2 aromatic rings. The molecule has 1 heterocycles. The van der Waals surface area contributed by atoms with Crippen LogP contribution in [0.2, 0.25) is 0 Å².